The number of hydrogen-bond donors (Lipinski definition) is 1. The molecule has 1 aliphatic carbocycles. The first-order chi connectivity index (χ1) is 6.40. The summed E-state index contributed by atoms with van der Waals surface area (Å²) in [5, 5.41) is 3.34. The second-order valence-corrected chi connectivity index (χ2v) is 3.38. The highest BCUT2D eigenvalue weighted by Crippen LogP contribution is 2.30. The van der Waals surface area contributed by atoms with E-state index in [2.05, 4.69) is 10.3 Å². The molecule has 3 nitrogen and oxygen atoms in total. The van der Waals surface area contributed by atoms with E-state index >= 15 is 0 Å². The maximum Gasteiger partial charge on any atom is 0.237 e. The fraction of sp³-hybridized carbons (Fsp3) is 0.500. The van der Waals surface area contributed by atoms with Crippen LogP contribution in [0.25, 0.3) is 0 Å². The van der Waals surface area contributed by atoms with Crippen molar-refractivity contribution in [3.05, 3.63) is 18.3 Å². The molecule has 0 spiro atoms. The van der Waals surface area contributed by atoms with Crippen LogP contribution in [0.4, 0.5) is 5.69 Å². The Hall–Kier alpha value is -1.25. The summed E-state index contributed by atoms with van der Waals surface area (Å²) < 4.78 is 5.12. The Kier molecular flexibility index (Phi) is 2.34. The van der Waals surface area contributed by atoms with Gasteiger partial charge in [-0.25, -0.2) is 4.98 Å². The first kappa shape index (κ1) is 8.35. The van der Waals surface area contributed by atoms with Gasteiger partial charge < -0.3 is 10.1 Å². The molecular weight excluding hydrogens is 164 g/mol. The van der Waals surface area contributed by atoms with Crippen LogP contribution in [0.5, 0.6) is 5.88 Å². The lowest BCUT2D eigenvalue weighted by Gasteiger charge is -2.08. The molecule has 0 unspecified atom stereocenters. The Bertz CT molecular complexity index is 284. The molecule has 0 amide bonds. The third kappa shape index (κ3) is 2.11. The average Bonchev–Trinajstić information content (AvgIpc) is 2.99. The minimum Gasteiger partial charge on any atom is -0.480 e. The normalized spacial score (nSPS) is 15.5. The lowest BCUT2D eigenvalue weighted by Crippen LogP contribution is -2.05. The lowest BCUT2D eigenvalue weighted by atomic mass is 10.3. The molecule has 0 aromatic carbocycles. The van der Waals surface area contributed by atoms with Crippen molar-refractivity contribution in [1.29, 1.82) is 0 Å². The van der Waals surface area contributed by atoms with Gasteiger partial charge in [0.2, 0.25) is 5.88 Å². The first-order valence-electron chi connectivity index (χ1n) is 4.63. The average molecular weight is 178 g/mol. The van der Waals surface area contributed by atoms with Crippen LogP contribution in [0, 0.1) is 5.92 Å². The molecule has 1 N–H and O–H groups in total. The molecule has 3 heteroatoms. The van der Waals surface area contributed by atoms with Crippen LogP contribution < -0.4 is 10.1 Å². The van der Waals surface area contributed by atoms with Crippen LogP contribution in [0.3, 0.4) is 0 Å². The van der Waals surface area contributed by atoms with E-state index in [1.54, 1.807) is 13.3 Å². The standard InChI is InChI=1S/C10H14N2O/c1-13-10-9(3-2-6-11-10)12-7-8-4-5-8/h2-3,6,8,12H,4-5,7H2,1H3. The topological polar surface area (TPSA) is 34.1 Å². The monoisotopic (exact) mass is 178 g/mol. The van der Waals surface area contributed by atoms with Crippen LogP contribution in [-0.4, -0.2) is 18.6 Å². The Morgan fingerprint density at radius 2 is 2.46 bits per heavy atom. The molecule has 0 bridgehead atoms. The minimum atomic E-state index is 0.683. The molecule has 1 aromatic rings. The van der Waals surface area contributed by atoms with E-state index in [1.807, 2.05) is 12.1 Å². The third-order valence-electron chi connectivity index (χ3n) is 2.24. The van der Waals surface area contributed by atoms with Gasteiger partial charge in [0.05, 0.1) is 12.8 Å². The summed E-state index contributed by atoms with van der Waals surface area (Å²) in [4.78, 5) is 4.11. The van der Waals surface area contributed by atoms with Gasteiger partial charge in [0.15, 0.2) is 0 Å². The van der Waals surface area contributed by atoms with Crippen LogP contribution in [0.2, 0.25) is 0 Å². The molecule has 70 valence electrons. The Morgan fingerprint density at radius 3 is 3.15 bits per heavy atom. The Balaban J connectivity index is 1.99. The van der Waals surface area contributed by atoms with E-state index in [1.165, 1.54) is 12.8 Å². The van der Waals surface area contributed by atoms with Crippen molar-refractivity contribution in [1.82, 2.24) is 4.98 Å². The van der Waals surface area contributed by atoms with Gasteiger partial charge in [-0.3, -0.25) is 0 Å². The fourth-order valence-electron chi connectivity index (χ4n) is 1.26. The number of hydrogen-bond acceptors (Lipinski definition) is 3. The van der Waals surface area contributed by atoms with Crippen LogP contribution >= 0.6 is 0 Å². The molecule has 0 saturated heterocycles. The van der Waals surface area contributed by atoms with Crippen LogP contribution in [0.15, 0.2) is 18.3 Å². The number of ether oxygens (including phenoxy) is 1. The fourth-order valence-corrected chi connectivity index (χ4v) is 1.26. The minimum absolute atomic E-state index is 0.683. The number of methoxy groups -OCH3 is 1. The molecule has 1 aliphatic rings. The van der Waals surface area contributed by atoms with Crippen LogP contribution in [-0.2, 0) is 0 Å². The van der Waals surface area contributed by atoms with Crippen LogP contribution in [0.1, 0.15) is 12.8 Å². The number of pyridine rings is 1. The summed E-state index contributed by atoms with van der Waals surface area (Å²) in [5.74, 6) is 1.55. The molecule has 1 saturated carbocycles. The molecule has 2 rings (SSSR count). The van der Waals surface area contributed by atoms with Crippen molar-refractivity contribution in [3.63, 3.8) is 0 Å². The highest BCUT2D eigenvalue weighted by atomic mass is 16.5. The van der Waals surface area contributed by atoms with E-state index in [0.717, 1.165) is 18.2 Å². The Morgan fingerprint density at radius 1 is 1.62 bits per heavy atom. The van der Waals surface area contributed by atoms with E-state index in [4.69, 9.17) is 4.74 Å². The van der Waals surface area contributed by atoms with Gasteiger partial charge in [-0.2, -0.15) is 0 Å². The first-order valence-corrected chi connectivity index (χ1v) is 4.63. The zero-order valence-electron chi connectivity index (χ0n) is 7.79. The zero-order chi connectivity index (χ0) is 9.10. The van der Waals surface area contributed by atoms with Gasteiger partial charge in [0.25, 0.3) is 0 Å². The van der Waals surface area contributed by atoms with Gasteiger partial charge in [0, 0.05) is 12.7 Å². The zero-order valence-corrected chi connectivity index (χ0v) is 7.79. The smallest absolute Gasteiger partial charge is 0.237 e. The van der Waals surface area contributed by atoms with Crippen molar-refractivity contribution in [2.24, 2.45) is 5.92 Å². The maximum absolute atomic E-state index is 5.12. The molecule has 0 radical (unpaired) electrons. The van der Waals surface area contributed by atoms with E-state index in [-0.39, 0.29) is 0 Å². The van der Waals surface area contributed by atoms with E-state index in [0.29, 0.717) is 5.88 Å². The third-order valence-corrected chi connectivity index (χ3v) is 2.24. The quantitative estimate of drug-likeness (QED) is 0.764. The van der Waals surface area contributed by atoms with Crippen molar-refractivity contribution < 1.29 is 4.74 Å². The van der Waals surface area contributed by atoms with Gasteiger partial charge in [0.1, 0.15) is 0 Å². The second-order valence-electron chi connectivity index (χ2n) is 3.38. The predicted molar refractivity (Wildman–Crippen MR) is 52.0 cm³/mol. The Labute approximate surface area is 78.1 Å². The number of anilines is 1. The summed E-state index contributed by atoms with van der Waals surface area (Å²) in [6.07, 6.45) is 4.45. The van der Waals surface area contributed by atoms with E-state index in [9.17, 15) is 0 Å². The maximum atomic E-state index is 5.12. The molecule has 1 heterocycles. The molecular formula is C10H14N2O. The SMILES string of the molecule is COc1ncccc1NCC1CC1. The van der Waals surface area contributed by atoms with E-state index < -0.39 is 0 Å². The number of aromatic nitrogens is 1. The summed E-state index contributed by atoms with van der Waals surface area (Å²) >= 11 is 0. The molecule has 0 atom stereocenters. The summed E-state index contributed by atoms with van der Waals surface area (Å²) in [6, 6.07) is 3.91. The molecule has 1 aromatic heterocycles. The van der Waals surface area contributed by atoms with Gasteiger partial charge in [-0.15, -0.1) is 0 Å². The predicted octanol–water partition coefficient (Wildman–Crippen LogP) is 1.91. The molecule has 0 aliphatic heterocycles. The summed E-state index contributed by atoms with van der Waals surface area (Å²) in [6.45, 7) is 1.04. The van der Waals surface area contributed by atoms with Gasteiger partial charge >= 0.3 is 0 Å². The van der Waals surface area contributed by atoms with Crippen molar-refractivity contribution in [3.8, 4) is 5.88 Å². The highest BCUT2D eigenvalue weighted by molar-refractivity contribution is 5.51. The van der Waals surface area contributed by atoms with Gasteiger partial charge in [-0.1, -0.05) is 0 Å². The largest absolute Gasteiger partial charge is 0.480 e. The van der Waals surface area contributed by atoms with Gasteiger partial charge in [-0.05, 0) is 30.9 Å². The number of nitrogens with zero attached hydrogens (tertiary/aromatic N) is 1. The number of nitrogens with one attached hydrogen (secondary N) is 1. The van der Waals surface area contributed by atoms with Crippen molar-refractivity contribution in [2.45, 2.75) is 12.8 Å². The summed E-state index contributed by atoms with van der Waals surface area (Å²) in [5.41, 5.74) is 0.997. The summed E-state index contributed by atoms with van der Waals surface area (Å²) in [7, 11) is 1.64. The lowest BCUT2D eigenvalue weighted by molar-refractivity contribution is 0.399. The molecule has 1 fully saturated rings. The van der Waals surface area contributed by atoms with Crippen molar-refractivity contribution >= 4 is 5.69 Å². The highest BCUT2D eigenvalue weighted by Gasteiger charge is 2.21. The second kappa shape index (κ2) is 3.64. The molecule has 13 heavy (non-hydrogen) atoms. The van der Waals surface area contributed by atoms with Crippen molar-refractivity contribution in [2.75, 3.05) is 19.0 Å². The number of rotatable bonds is 4.